The Balaban J connectivity index is 1.76. The van der Waals surface area contributed by atoms with Crippen molar-refractivity contribution in [3.05, 3.63) is 0 Å². The number of hydrogen-bond donors (Lipinski definition) is 0. The van der Waals surface area contributed by atoms with Gasteiger partial charge in [-0.15, -0.1) is 0 Å². The molecule has 0 aromatic carbocycles. The third kappa shape index (κ3) is 3.43. The lowest BCUT2D eigenvalue weighted by Crippen LogP contribution is -2.29. The summed E-state index contributed by atoms with van der Waals surface area (Å²) >= 11 is 0. The average Bonchev–Trinajstić information content (AvgIpc) is 2.20. The van der Waals surface area contributed by atoms with Crippen molar-refractivity contribution >= 4 is 0 Å². The number of halogens is 2. The predicted molar refractivity (Wildman–Crippen MR) is 62.9 cm³/mol. The molecule has 0 N–H and O–H groups in total. The van der Waals surface area contributed by atoms with Crippen LogP contribution in [0.15, 0.2) is 0 Å². The van der Waals surface area contributed by atoms with Crippen LogP contribution in [0.25, 0.3) is 0 Å². The molecule has 0 aromatic rings. The molecule has 0 amide bonds. The maximum absolute atomic E-state index is 13.9. The molecule has 2 saturated carbocycles. The van der Waals surface area contributed by atoms with Crippen LogP contribution < -0.4 is 0 Å². The van der Waals surface area contributed by atoms with Crippen molar-refractivity contribution in [3.8, 4) is 0 Å². The molecule has 0 aliphatic heterocycles. The Morgan fingerprint density at radius 2 is 1.75 bits per heavy atom. The molecule has 0 heterocycles. The normalized spacial score (nSPS) is 45.6. The van der Waals surface area contributed by atoms with Gasteiger partial charge in [0.15, 0.2) is 0 Å². The van der Waals surface area contributed by atoms with E-state index in [0.29, 0.717) is 11.8 Å². The monoisotopic (exact) mass is 230 g/mol. The minimum Gasteiger partial charge on any atom is -0.247 e. The van der Waals surface area contributed by atoms with Gasteiger partial charge in [0.25, 0.3) is 0 Å². The van der Waals surface area contributed by atoms with Gasteiger partial charge in [-0.05, 0) is 63.7 Å². The van der Waals surface area contributed by atoms with E-state index in [0.717, 1.165) is 51.4 Å². The van der Waals surface area contributed by atoms with Gasteiger partial charge >= 0.3 is 0 Å². The van der Waals surface area contributed by atoms with Crippen molar-refractivity contribution in [2.24, 2.45) is 11.8 Å². The molecule has 16 heavy (non-hydrogen) atoms. The van der Waals surface area contributed by atoms with Crippen LogP contribution in [0, 0.1) is 11.8 Å². The zero-order chi connectivity index (χ0) is 11.6. The fourth-order valence-electron chi connectivity index (χ4n) is 3.60. The van der Waals surface area contributed by atoms with E-state index >= 15 is 0 Å². The first-order valence-corrected chi connectivity index (χ1v) is 6.88. The Hall–Kier alpha value is -0.140. The lowest BCUT2D eigenvalue weighted by Gasteiger charge is -2.35. The van der Waals surface area contributed by atoms with Crippen LogP contribution >= 0.6 is 0 Å². The minimum atomic E-state index is -0.930. The molecule has 2 aliphatic rings. The van der Waals surface area contributed by atoms with E-state index in [9.17, 15) is 8.78 Å². The summed E-state index contributed by atoms with van der Waals surface area (Å²) in [6, 6.07) is 0. The van der Waals surface area contributed by atoms with Crippen molar-refractivity contribution in [2.75, 3.05) is 0 Å². The predicted octanol–water partition coefficient (Wildman–Crippen LogP) is 4.82. The van der Waals surface area contributed by atoms with E-state index in [2.05, 4.69) is 0 Å². The molecule has 0 saturated heterocycles. The van der Waals surface area contributed by atoms with Gasteiger partial charge in [0.05, 0.1) is 0 Å². The Morgan fingerprint density at radius 3 is 2.38 bits per heavy atom. The Morgan fingerprint density at radius 1 is 1.06 bits per heavy atom. The van der Waals surface area contributed by atoms with Crippen molar-refractivity contribution in [1.29, 1.82) is 0 Å². The first-order valence-electron chi connectivity index (χ1n) is 6.88. The highest BCUT2D eigenvalue weighted by Crippen LogP contribution is 2.40. The molecule has 2 heteroatoms. The second-order valence-electron chi connectivity index (χ2n) is 6.23. The topological polar surface area (TPSA) is 0 Å². The molecule has 94 valence electrons. The summed E-state index contributed by atoms with van der Waals surface area (Å²) in [6.45, 7) is 1.75. The van der Waals surface area contributed by atoms with Crippen LogP contribution in [0.5, 0.6) is 0 Å². The number of rotatable bonds is 2. The fourth-order valence-corrected chi connectivity index (χ4v) is 3.60. The van der Waals surface area contributed by atoms with E-state index in [1.165, 1.54) is 6.42 Å². The lowest BCUT2D eigenvalue weighted by atomic mass is 9.73. The highest BCUT2D eigenvalue weighted by atomic mass is 19.1. The summed E-state index contributed by atoms with van der Waals surface area (Å²) in [5, 5.41) is 0. The van der Waals surface area contributed by atoms with Gasteiger partial charge in [0.1, 0.15) is 11.8 Å². The molecule has 2 fully saturated rings. The van der Waals surface area contributed by atoms with E-state index in [1.54, 1.807) is 6.92 Å². The average molecular weight is 230 g/mol. The number of alkyl halides is 2. The quantitative estimate of drug-likeness (QED) is 0.637. The molecule has 0 aromatic heterocycles. The van der Waals surface area contributed by atoms with Crippen LogP contribution in [-0.2, 0) is 0 Å². The molecule has 0 nitrogen and oxygen atoms in total. The molecule has 2 aliphatic carbocycles. The lowest BCUT2D eigenvalue weighted by molar-refractivity contribution is 0.0771. The van der Waals surface area contributed by atoms with Gasteiger partial charge < -0.3 is 0 Å². The van der Waals surface area contributed by atoms with Crippen molar-refractivity contribution < 1.29 is 8.78 Å². The van der Waals surface area contributed by atoms with Crippen LogP contribution in [0.4, 0.5) is 8.78 Å². The van der Waals surface area contributed by atoms with E-state index < -0.39 is 11.8 Å². The molecular formula is C14H24F2. The first-order chi connectivity index (χ1) is 7.55. The zero-order valence-electron chi connectivity index (χ0n) is 10.4. The second-order valence-corrected chi connectivity index (χ2v) is 6.23. The third-order valence-electron chi connectivity index (χ3n) is 4.47. The molecule has 0 bridgehead atoms. The fraction of sp³-hybridized carbons (Fsp3) is 1.00. The van der Waals surface area contributed by atoms with Gasteiger partial charge in [-0.2, -0.15) is 0 Å². The first kappa shape index (κ1) is 12.3. The summed E-state index contributed by atoms with van der Waals surface area (Å²) in [5.41, 5.74) is -0.930. The SMILES string of the molecule is CC1(F)CCCC(CC2CCC(F)CC2)C1. The summed E-state index contributed by atoms with van der Waals surface area (Å²) < 4.78 is 26.9. The summed E-state index contributed by atoms with van der Waals surface area (Å²) in [7, 11) is 0. The van der Waals surface area contributed by atoms with Gasteiger partial charge in [-0.25, -0.2) is 8.78 Å². The molecule has 0 radical (unpaired) electrons. The van der Waals surface area contributed by atoms with Crippen LogP contribution in [-0.4, -0.2) is 11.8 Å². The molecule has 2 atom stereocenters. The maximum atomic E-state index is 13.9. The van der Waals surface area contributed by atoms with Crippen LogP contribution in [0.2, 0.25) is 0 Å². The summed E-state index contributed by atoms with van der Waals surface area (Å²) in [6.07, 6.45) is 7.82. The van der Waals surface area contributed by atoms with Crippen molar-refractivity contribution in [1.82, 2.24) is 0 Å². The zero-order valence-corrected chi connectivity index (χ0v) is 10.4. The highest BCUT2D eigenvalue weighted by molar-refractivity contribution is 4.85. The summed E-state index contributed by atoms with van der Waals surface area (Å²) in [5.74, 6) is 1.23. The number of hydrogen-bond acceptors (Lipinski definition) is 0. The van der Waals surface area contributed by atoms with E-state index in [-0.39, 0.29) is 0 Å². The smallest absolute Gasteiger partial charge is 0.108 e. The minimum absolute atomic E-state index is 0.560. The Kier molecular flexibility index (Phi) is 3.86. The largest absolute Gasteiger partial charge is 0.247 e. The maximum Gasteiger partial charge on any atom is 0.108 e. The molecule has 0 spiro atoms. The van der Waals surface area contributed by atoms with E-state index in [4.69, 9.17) is 0 Å². The van der Waals surface area contributed by atoms with Crippen LogP contribution in [0.3, 0.4) is 0 Å². The summed E-state index contributed by atoms with van der Waals surface area (Å²) in [4.78, 5) is 0. The molecule has 2 rings (SSSR count). The van der Waals surface area contributed by atoms with Gasteiger partial charge in [0, 0.05) is 0 Å². The van der Waals surface area contributed by atoms with Gasteiger partial charge in [0.2, 0.25) is 0 Å². The Bertz CT molecular complexity index is 217. The van der Waals surface area contributed by atoms with Crippen LogP contribution in [0.1, 0.15) is 64.7 Å². The molecular weight excluding hydrogens is 206 g/mol. The second kappa shape index (κ2) is 5.01. The van der Waals surface area contributed by atoms with Gasteiger partial charge in [-0.3, -0.25) is 0 Å². The standard InChI is InChI=1S/C14H24F2/c1-14(16)8-2-3-12(10-14)9-11-4-6-13(15)7-5-11/h11-13H,2-10H2,1H3. The van der Waals surface area contributed by atoms with Crippen molar-refractivity contribution in [2.45, 2.75) is 76.6 Å². The van der Waals surface area contributed by atoms with E-state index in [1.807, 2.05) is 0 Å². The van der Waals surface area contributed by atoms with Gasteiger partial charge in [-0.1, -0.05) is 12.8 Å². The molecule has 2 unspecified atom stereocenters. The third-order valence-corrected chi connectivity index (χ3v) is 4.47. The highest BCUT2D eigenvalue weighted by Gasteiger charge is 2.33. The van der Waals surface area contributed by atoms with Crippen molar-refractivity contribution in [3.63, 3.8) is 0 Å². The Labute approximate surface area is 97.8 Å².